The molecule has 2 unspecified atom stereocenters. The van der Waals surface area contributed by atoms with Gasteiger partial charge in [-0.2, -0.15) is 0 Å². The summed E-state index contributed by atoms with van der Waals surface area (Å²) in [6, 6.07) is 0. The molecule has 0 heterocycles. The summed E-state index contributed by atoms with van der Waals surface area (Å²) in [6.45, 7) is 4.46. The molecule has 1 fully saturated rings. The van der Waals surface area contributed by atoms with Gasteiger partial charge in [-0.15, -0.1) is 0 Å². The zero-order chi connectivity index (χ0) is 9.73. The van der Waals surface area contributed by atoms with Crippen molar-refractivity contribution in [2.24, 2.45) is 16.7 Å². The first-order chi connectivity index (χ1) is 5.26. The second-order valence-corrected chi connectivity index (χ2v) is 4.08. The Morgan fingerprint density at radius 1 is 1.42 bits per heavy atom. The lowest BCUT2D eigenvalue weighted by atomic mass is 9.99. The van der Waals surface area contributed by atoms with Gasteiger partial charge < -0.3 is 5.11 Å². The minimum Gasteiger partial charge on any atom is -0.481 e. The van der Waals surface area contributed by atoms with Crippen molar-refractivity contribution in [2.75, 3.05) is 0 Å². The number of rotatable bonds is 2. The third-order valence-electron chi connectivity index (χ3n) is 3.33. The molecule has 0 saturated heterocycles. The number of alkyl halides is 2. The molecule has 0 aliphatic heterocycles. The third kappa shape index (κ3) is 0.807. The maximum Gasteiger partial charge on any atom is 0.307 e. The molecular formula is C8H12F2O2. The van der Waals surface area contributed by atoms with Gasteiger partial charge in [-0.3, -0.25) is 4.79 Å². The van der Waals surface area contributed by atoms with Crippen molar-refractivity contribution in [2.45, 2.75) is 27.2 Å². The Bertz CT molecular complexity index is 225. The summed E-state index contributed by atoms with van der Waals surface area (Å²) < 4.78 is 24.9. The Morgan fingerprint density at radius 3 is 1.92 bits per heavy atom. The van der Waals surface area contributed by atoms with E-state index in [-0.39, 0.29) is 0 Å². The van der Waals surface area contributed by atoms with E-state index >= 15 is 0 Å². The minimum atomic E-state index is -2.56. The molecule has 2 atom stereocenters. The monoisotopic (exact) mass is 178 g/mol. The van der Waals surface area contributed by atoms with Gasteiger partial charge in [-0.05, 0) is 5.41 Å². The molecule has 70 valence electrons. The van der Waals surface area contributed by atoms with Gasteiger partial charge in [0, 0.05) is 5.41 Å². The third-order valence-corrected chi connectivity index (χ3v) is 3.33. The van der Waals surface area contributed by atoms with Crippen molar-refractivity contribution in [1.82, 2.24) is 0 Å². The van der Waals surface area contributed by atoms with Crippen LogP contribution in [0.25, 0.3) is 0 Å². The van der Waals surface area contributed by atoms with Crippen LogP contribution in [0.5, 0.6) is 0 Å². The molecule has 1 N–H and O–H groups in total. The summed E-state index contributed by atoms with van der Waals surface area (Å²) in [4.78, 5) is 10.6. The number of carboxylic acids is 1. The van der Waals surface area contributed by atoms with Gasteiger partial charge in [0.25, 0.3) is 0 Å². The van der Waals surface area contributed by atoms with Crippen LogP contribution in [0, 0.1) is 16.7 Å². The van der Waals surface area contributed by atoms with Crippen LogP contribution >= 0.6 is 0 Å². The van der Waals surface area contributed by atoms with Gasteiger partial charge in [0.15, 0.2) is 0 Å². The van der Waals surface area contributed by atoms with Crippen molar-refractivity contribution in [3.8, 4) is 0 Å². The van der Waals surface area contributed by atoms with Crippen LogP contribution in [-0.2, 0) is 4.79 Å². The van der Waals surface area contributed by atoms with E-state index in [1.807, 2.05) is 0 Å². The van der Waals surface area contributed by atoms with Crippen LogP contribution < -0.4 is 0 Å². The molecule has 0 bridgehead atoms. The molecule has 1 aliphatic rings. The van der Waals surface area contributed by atoms with Gasteiger partial charge in [0.1, 0.15) is 0 Å². The van der Waals surface area contributed by atoms with Crippen molar-refractivity contribution < 1.29 is 18.7 Å². The number of hydrogen-bond acceptors (Lipinski definition) is 1. The second kappa shape index (κ2) is 2.18. The van der Waals surface area contributed by atoms with Gasteiger partial charge >= 0.3 is 5.97 Å². The second-order valence-electron chi connectivity index (χ2n) is 4.08. The van der Waals surface area contributed by atoms with E-state index in [0.29, 0.717) is 0 Å². The number of carbonyl (C=O) groups is 1. The topological polar surface area (TPSA) is 37.3 Å². The first kappa shape index (κ1) is 9.42. The summed E-state index contributed by atoms with van der Waals surface area (Å²) in [5.74, 6) is -2.03. The largest absolute Gasteiger partial charge is 0.481 e. The van der Waals surface area contributed by atoms with Gasteiger partial charge in [0.2, 0.25) is 6.43 Å². The number of halogens is 2. The molecule has 12 heavy (non-hydrogen) atoms. The average Bonchev–Trinajstić information content (AvgIpc) is 2.28. The molecule has 0 spiro atoms. The number of aliphatic carboxylic acids is 1. The fourth-order valence-electron chi connectivity index (χ4n) is 1.99. The number of carboxylic acid groups (broad SMARTS) is 1. The first-order valence-corrected chi connectivity index (χ1v) is 3.77. The van der Waals surface area contributed by atoms with Crippen molar-refractivity contribution in [1.29, 1.82) is 0 Å². The summed E-state index contributed by atoms with van der Waals surface area (Å²) >= 11 is 0. The van der Waals surface area contributed by atoms with Crippen molar-refractivity contribution in [3.05, 3.63) is 0 Å². The van der Waals surface area contributed by atoms with E-state index in [2.05, 4.69) is 0 Å². The molecule has 0 aromatic carbocycles. The Hall–Kier alpha value is -0.670. The Kier molecular flexibility index (Phi) is 1.71. The van der Waals surface area contributed by atoms with E-state index in [1.54, 1.807) is 13.8 Å². The molecule has 1 rings (SSSR count). The predicted molar refractivity (Wildman–Crippen MR) is 39.0 cm³/mol. The van der Waals surface area contributed by atoms with Crippen LogP contribution in [0.3, 0.4) is 0 Å². The Balaban J connectivity index is 2.92. The fourth-order valence-corrected chi connectivity index (χ4v) is 1.99. The van der Waals surface area contributed by atoms with Crippen LogP contribution in [0.2, 0.25) is 0 Å². The Labute approximate surface area is 69.6 Å². The summed E-state index contributed by atoms with van der Waals surface area (Å²) in [7, 11) is 0. The summed E-state index contributed by atoms with van der Waals surface area (Å²) in [5.41, 5.74) is -2.13. The van der Waals surface area contributed by atoms with Gasteiger partial charge in [-0.1, -0.05) is 20.8 Å². The zero-order valence-corrected chi connectivity index (χ0v) is 7.27. The molecule has 2 nitrogen and oxygen atoms in total. The predicted octanol–water partition coefficient (Wildman–Crippen LogP) is 2.00. The highest BCUT2D eigenvalue weighted by atomic mass is 19.3. The standard InChI is InChI=1S/C8H12F2O2/c1-7(2)4(5(11)12)8(7,3)6(9)10/h4,6H,1-3H3,(H,11,12). The first-order valence-electron chi connectivity index (χ1n) is 3.77. The highest BCUT2D eigenvalue weighted by Crippen LogP contribution is 2.71. The lowest BCUT2D eigenvalue weighted by molar-refractivity contribution is -0.140. The molecule has 0 aromatic heterocycles. The smallest absolute Gasteiger partial charge is 0.307 e. The summed E-state index contributed by atoms with van der Waals surface area (Å²) in [6.07, 6.45) is -2.56. The molecule has 4 heteroatoms. The van der Waals surface area contributed by atoms with Crippen LogP contribution in [-0.4, -0.2) is 17.5 Å². The minimum absolute atomic E-state index is 0.785. The van der Waals surface area contributed by atoms with E-state index in [4.69, 9.17) is 5.11 Å². The highest BCUT2D eigenvalue weighted by molar-refractivity contribution is 5.77. The van der Waals surface area contributed by atoms with Crippen LogP contribution in [0.4, 0.5) is 8.78 Å². The van der Waals surface area contributed by atoms with Crippen molar-refractivity contribution in [3.63, 3.8) is 0 Å². The maximum atomic E-state index is 12.4. The molecule has 0 radical (unpaired) electrons. The normalized spacial score (nSPS) is 38.3. The Morgan fingerprint density at radius 2 is 1.83 bits per heavy atom. The van der Waals surface area contributed by atoms with E-state index in [1.165, 1.54) is 6.92 Å². The van der Waals surface area contributed by atoms with Gasteiger partial charge in [-0.25, -0.2) is 8.78 Å². The van der Waals surface area contributed by atoms with Crippen molar-refractivity contribution >= 4 is 5.97 Å². The molecule has 1 saturated carbocycles. The molecule has 1 aliphatic carbocycles. The maximum absolute atomic E-state index is 12.4. The van der Waals surface area contributed by atoms with E-state index in [9.17, 15) is 13.6 Å². The quantitative estimate of drug-likeness (QED) is 0.702. The lowest BCUT2D eigenvalue weighted by Gasteiger charge is -2.11. The molecule has 0 amide bonds. The van der Waals surface area contributed by atoms with E-state index in [0.717, 1.165) is 0 Å². The average molecular weight is 178 g/mol. The zero-order valence-electron chi connectivity index (χ0n) is 7.27. The highest BCUT2D eigenvalue weighted by Gasteiger charge is 2.76. The molecule has 0 aromatic rings. The number of hydrogen-bond donors (Lipinski definition) is 1. The van der Waals surface area contributed by atoms with Crippen LogP contribution in [0.1, 0.15) is 20.8 Å². The lowest BCUT2D eigenvalue weighted by Crippen LogP contribution is -2.16. The molecular weight excluding hydrogens is 166 g/mol. The van der Waals surface area contributed by atoms with Crippen LogP contribution in [0.15, 0.2) is 0 Å². The van der Waals surface area contributed by atoms with Gasteiger partial charge in [0.05, 0.1) is 5.92 Å². The van der Waals surface area contributed by atoms with E-state index < -0.39 is 29.1 Å². The summed E-state index contributed by atoms with van der Waals surface area (Å²) in [5, 5.41) is 8.64. The fraction of sp³-hybridized carbons (Fsp3) is 0.875. The SMILES string of the molecule is CC1(C)C(C(=O)O)C1(C)C(F)F.